The van der Waals surface area contributed by atoms with Crippen LogP contribution in [0.2, 0.25) is 0 Å². The Bertz CT molecular complexity index is 250. The van der Waals surface area contributed by atoms with E-state index in [4.69, 9.17) is 0 Å². The van der Waals surface area contributed by atoms with Crippen molar-refractivity contribution in [3.63, 3.8) is 0 Å². The predicted octanol–water partition coefficient (Wildman–Crippen LogP) is 3.86. The van der Waals surface area contributed by atoms with Crippen molar-refractivity contribution >= 4 is 34.6 Å². The molecule has 1 atom stereocenters. The lowest BCUT2D eigenvalue weighted by molar-refractivity contribution is 0.754. The topological polar surface area (TPSA) is 24.7 Å². The number of aliphatic imine (C=N–C) groups is 2. The van der Waals surface area contributed by atoms with E-state index in [-0.39, 0.29) is 0 Å². The van der Waals surface area contributed by atoms with Crippen LogP contribution in [0.15, 0.2) is 21.8 Å². The van der Waals surface area contributed by atoms with E-state index in [2.05, 4.69) is 59.4 Å². The van der Waals surface area contributed by atoms with E-state index in [0.29, 0.717) is 9.84 Å². The van der Waals surface area contributed by atoms with Crippen molar-refractivity contribution < 1.29 is 0 Å². The third-order valence-corrected chi connectivity index (χ3v) is 2.31. The average molecular weight is 306 g/mol. The lowest BCUT2D eigenvalue weighted by Gasteiger charge is -2.08. The Balaban J connectivity index is 4.89. The summed E-state index contributed by atoms with van der Waals surface area (Å²) in [5.41, 5.74) is 1.11. The first-order chi connectivity index (χ1) is 6.52. The maximum Gasteiger partial charge on any atom is 0.140 e. The molecule has 0 aliphatic rings. The molecule has 0 aromatic carbocycles. The lowest BCUT2D eigenvalue weighted by Crippen LogP contribution is -2.08. The van der Waals surface area contributed by atoms with Gasteiger partial charge in [0.1, 0.15) is 5.84 Å². The van der Waals surface area contributed by atoms with E-state index in [1.165, 1.54) is 0 Å². The molecule has 0 spiro atoms. The zero-order chi connectivity index (χ0) is 11.1. The molecule has 0 fully saturated rings. The van der Waals surface area contributed by atoms with Gasteiger partial charge in [-0.25, -0.2) is 9.98 Å². The van der Waals surface area contributed by atoms with Gasteiger partial charge in [0.25, 0.3) is 0 Å². The van der Waals surface area contributed by atoms with E-state index in [9.17, 15) is 0 Å². The van der Waals surface area contributed by atoms with Crippen LogP contribution in [-0.2, 0) is 0 Å². The van der Waals surface area contributed by atoms with Gasteiger partial charge in [-0.1, -0.05) is 42.5 Å². The fourth-order valence-corrected chi connectivity index (χ4v) is 1.31. The molecule has 0 N–H and O–H groups in total. The molecule has 0 saturated heterocycles. The second-order valence-electron chi connectivity index (χ2n) is 3.34. The Hall–Kier alpha value is -0.190. The Labute approximate surface area is 101 Å². The quantitative estimate of drug-likeness (QED) is 0.327. The van der Waals surface area contributed by atoms with Gasteiger partial charge in [0.05, 0.1) is 3.92 Å². The summed E-state index contributed by atoms with van der Waals surface area (Å²) in [6.45, 7) is 10.3. The van der Waals surface area contributed by atoms with Crippen molar-refractivity contribution in [2.45, 2.75) is 38.5 Å². The maximum atomic E-state index is 4.56. The summed E-state index contributed by atoms with van der Waals surface area (Å²) in [7, 11) is 0. The van der Waals surface area contributed by atoms with E-state index in [1.807, 2.05) is 13.8 Å². The zero-order valence-corrected chi connectivity index (χ0v) is 11.7. The van der Waals surface area contributed by atoms with Gasteiger partial charge in [-0.05, 0) is 26.7 Å². The molecule has 3 heteroatoms. The number of amidine groups is 1. The largest absolute Gasteiger partial charge is 0.245 e. The van der Waals surface area contributed by atoms with Gasteiger partial charge in [-0.15, -0.1) is 0 Å². The number of rotatable bonds is 3. The molecule has 0 aromatic heterocycles. The van der Waals surface area contributed by atoms with Crippen LogP contribution in [0, 0.1) is 5.92 Å². The molecule has 0 heterocycles. The van der Waals surface area contributed by atoms with Gasteiger partial charge in [0.15, 0.2) is 0 Å². The zero-order valence-electron chi connectivity index (χ0n) is 9.58. The Kier molecular flexibility index (Phi) is 7.05. The standard InChI is InChI=1S/C11H19IN2/c1-6-10(8(3)4)14-11(9(5)12)13-7-2/h6-9H,1-5H3/b10-6-,13-7-,14-11-. The van der Waals surface area contributed by atoms with E-state index in [0.717, 1.165) is 11.5 Å². The van der Waals surface area contributed by atoms with Crippen LogP contribution in [-0.4, -0.2) is 16.0 Å². The van der Waals surface area contributed by atoms with Crippen LogP contribution in [0.5, 0.6) is 0 Å². The summed E-state index contributed by atoms with van der Waals surface area (Å²) in [6.07, 6.45) is 3.84. The molecule has 0 aromatic rings. The molecule has 0 radical (unpaired) electrons. The van der Waals surface area contributed by atoms with Crippen molar-refractivity contribution in [1.82, 2.24) is 0 Å². The van der Waals surface area contributed by atoms with Crippen molar-refractivity contribution in [2.75, 3.05) is 0 Å². The predicted molar refractivity (Wildman–Crippen MR) is 73.7 cm³/mol. The second kappa shape index (κ2) is 7.15. The summed E-state index contributed by atoms with van der Waals surface area (Å²) in [5, 5.41) is 0. The average Bonchev–Trinajstić information content (AvgIpc) is 2.11. The summed E-state index contributed by atoms with van der Waals surface area (Å²) >= 11 is 2.33. The first-order valence-corrected chi connectivity index (χ1v) is 6.15. The first-order valence-electron chi connectivity index (χ1n) is 4.90. The highest BCUT2D eigenvalue weighted by molar-refractivity contribution is 14.1. The second-order valence-corrected chi connectivity index (χ2v) is 5.21. The number of nitrogens with zero attached hydrogens (tertiary/aromatic N) is 2. The first kappa shape index (κ1) is 13.8. The smallest absolute Gasteiger partial charge is 0.140 e. The van der Waals surface area contributed by atoms with Crippen LogP contribution in [0.3, 0.4) is 0 Å². The molecular formula is C11H19IN2. The van der Waals surface area contributed by atoms with Crippen molar-refractivity contribution in [1.29, 1.82) is 0 Å². The van der Waals surface area contributed by atoms with E-state index in [1.54, 1.807) is 6.21 Å². The highest BCUT2D eigenvalue weighted by atomic mass is 127. The molecule has 0 saturated carbocycles. The molecular weight excluding hydrogens is 287 g/mol. The highest BCUT2D eigenvalue weighted by Crippen LogP contribution is 2.14. The number of hydrogen-bond acceptors (Lipinski definition) is 1. The van der Waals surface area contributed by atoms with Crippen LogP contribution in [0.4, 0.5) is 0 Å². The third-order valence-electron chi connectivity index (χ3n) is 1.75. The molecule has 0 aliphatic carbocycles. The molecule has 0 rings (SSSR count). The Morgan fingerprint density at radius 1 is 1.21 bits per heavy atom. The summed E-state index contributed by atoms with van der Waals surface area (Å²) in [6, 6.07) is 0. The number of alkyl halides is 1. The molecule has 0 aliphatic heterocycles. The van der Waals surface area contributed by atoms with Crippen LogP contribution < -0.4 is 0 Å². The fourth-order valence-electron chi connectivity index (χ4n) is 1.01. The van der Waals surface area contributed by atoms with Crippen LogP contribution in [0.25, 0.3) is 0 Å². The fraction of sp³-hybridized carbons (Fsp3) is 0.636. The van der Waals surface area contributed by atoms with Crippen LogP contribution >= 0.6 is 22.6 Å². The highest BCUT2D eigenvalue weighted by Gasteiger charge is 2.07. The van der Waals surface area contributed by atoms with E-state index >= 15 is 0 Å². The summed E-state index contributed by atoms with van der Waals surface area (Å²) < 4.78 is 0.345. The van der Waals surface area contributed by atoms with Gasteiger partial charge >= 0.3 is 0 Å². The molecule has 14 heavy (non-hydrogen) atoms. The van der Waals surface area contributed by atoms with Gasteiger partial charge in [-0.2, -0.15) is 0 Å². The summed E-state index contributed by atoms with van der Waals surface area (Å²) in [5.74, 6) is 1.35. The van der Waals surface area contributed by atoms with Crippen molar-refractivity contribution in [2.24, 2.45) is 15.9 Å². The Morgan fingerprint density at radius 2 is 1.79 bits per heavy atom. The van der Waals surface area contributed by atoms with Crippen LogP contribution in [0.1, 0.15) is 34.6 Å². The van der Waals surface area contributed by atoms with Crippen molar-refractivity contribution in [3.8, 4) is 0 Å². The van der Waals surface area contributed by atoms with Gasteiger partial charge in [-0.3, -0.25) is 0 Å². The van der Waals surface area contributed by atoms with Gasteiger partial charge < -0.3 is 0 Å². The third kappa shape index (κ3) is 4.88. The lowest BCUT2D eigenvalue weighted by atomic mass is 10.1. The minimum atomic E-state index is 0.345. The normalized spacial score (nSPS) is 16.8. The maximum absolute atomic E-state index is 4.56. The van der Waals surface area contributed by atoms with E-state index < -0.39 is 0 Å². The number of allylic oxidation sites excluding steroid dienone is 2. The SMILES string of the molecule is C\C=N/C(=N\C(=C/C)C(C)C)C(C)I. The molecule has 80 valence electrons. The summed E-state index contributed by atoms with van der Waals surface area (Å²) in [4.78, 5) is 8.83. The minimum Gasteiger partial charge on any atom is -0.245 e. The molecule has 2 nitrogen and oxygen atoms in total. The molecule has 0 bridgehead atoms. The Morgan fingerprint density at radius 3 is 2.07 bits per heavy atom. The minimum absolute atomic E-state index is 0.345. The monoisotopic (exact) mass is 306 g/mol. The molecule has 1 unspecified atom stereocenters. The number of halogens is 1. The van der Waals surface area contributed by atoms with Crippen molar-refractivity contribution in [3.05, 3.63) is 11.8 Å². The molecule has 0 amide bonds. The van der Waals surface area contributed by atoms with Gasteiger partial charge in [0.2, 0.25) is 0 Å². The number of hydrogen-bond donors (Lipinski definition) is 0. The van der Waals surface area contributed by atoms with Gasteiger partial charge in [0, 0.05) is 11.9 Å².